The van der Waals surface area contributed by atoms with Crippen molar-refractivity contribution in [3.05, 3.63) is 0 Å². The third kappa shape index (κ3) is 16.4. The second kappa shape index (κ2) is 15.5. The summed E-state index contributed by atoms with van der Waals surface area (Å²) in [4.78, 5) is 0. The highest BCUT2D eigenvalue weighted by atomic mass is 79.9. The van der Waals surface area contributed by atoms with Crippen LogP contribution in [0, 0.1) is 0 Å². The molecule has 1 atom stereocenters. The lowest BCUT2D eigenvalue weighted by Crippen LogP contribution is -1.93. The summed E-state index contributed by atoms with van der Waals surface area (Å²) < 4.78 is 0. The van der Waals surface area contributed by atoms with Crippen LogP contribution in [0.15, 0.2) is 0 Å². The molecular formula is C16H33BrO. The van der Waals surface area contributed by atoms with Crippen molar-refractivity contribution in [2.45, 2.75) is 102 Å². The van der Waals surface area contributed by atoms with Gasteiger partial charge in [-0.15, -0.1) is 0 Å². The van der Waals surface area contributed by atoms with Gasteiger partial charge in [-0.05, 0) is 12.8 Å². The largest absolute Gasteiger partial charge is 0.382 e. The normalized spacial score (nSPS) is 12.8. The molecule has 0 rings (SSSR count). The van der Waals surface area contributed by atoms with Gasteiger partial charge < -0.3 is 5.11 Å². The van der Waals surface area contributed by atoms with Crippen molar-refractivity contribution < 1.29 is 5.11 Å². The maximum atomic E-state index is 9.05. The third-order valence-electron chi connectivity index (χ3n) is 3.55. The summed E-state index contributed by atoms with van der Waals surface area (Å²) in [5, 5.41) is 8.76. The van der Waals surface area contributed by atoms with Crippen molar-refractivity contribution in [1.82, 2.24) is 0 Å². The molecule has 0 aromatic rings. The van der Waals surface area contributed by atoms with E-state index >= 15 is 0 Å². The molecule has 0 aromatic carbocycles. The number of hydrogen-bond acceptors (Lipinski definition) is 1. The number of aliphatic hydroxyl groups excluding tert-OH is 1. The zero-order valence-electron chi connectivity index (χ0n) is 12.3. The smallest absolute Gasteiger partial charge is 0.109 e. The van der Waals surface area contributed by atoms with Crippen molar-refractivity contribution in [2.75, 3.05) is 0 Å². The van der Waals surface area contributed by atoms with Gasteiger partial charge in [-0.3, -0.25) is 0 Å². The molecule has 0 heterocycles. The topological polar surface area (TPSA) is 20.2 Å². The lowest BCUT2D eigenvalue weighted by atomic mass is 10.0. The van der Waals surface area contributed by atoms with E-state index in [0.29, 0.717) is 0 Å². The van der Waals surface area contributed by atoms with Crippen LogP contribution in [0.3, 0.4) is 0 Å². The van der Waals surface area contributed by atoms with E-state index in [4.69, 9.17) is 5.11 Å². The Bertz CT molecular complexity index is 148. The van der Waals surface area contributed by atoms with Gasteiger partial charge in [0.2, 0.25) is 0 Å². The molecule has 1 nitrogen and oxygen atoms in total. The molecule has 0 aliphatic rings. The Labute approximate surface area is 123 Å². The highest BCUT2D eigenvalue weighted by Crippen LogP contribution is 2.14. The summed E-state index contributed by atoms with van der Waals surface area (Å²) in [7, 11) is 0. The first-order chi connectivity index (χ1) is 8.77. The molecule has 0 saturated heterocycles. The van der Waals surface area contributed by atoms with Crippen molar-refractivity contribution >= 4 is 15.9 Å². The van der Waals surface area contributed by atoms with Crippen LogP contribution in [-0.2, 0) is 0 Å². The maximum Gasteiger partial charge on any atom is 0.109 e. The molecular weight excluding hydrogens is 288 g/mol. The molecule has 110 valence electrons. The van der Waals surface area contributed by atoms with E-state index in [1.165, 1.54) is 77.0 Å². The fourth-order valence-electron chi connectivity index (χ4n) is 2.33. The van der Waals surface area contributed by atoms with E-state index in [9.17, 15) is 0 Å². The Morgan fingerprint density at radius 1 is 0.667 bits per heavy atom. The Morgan fingerprint density at radius 2 is 1.00 bits per heavy atom. The molecule has 1 N–H and O–H groups in total. The minimum Gasteiger partial charge on any atom is -0.382 e. The van der Waals surface area contributed by atoms with Crippen molar-refractivity contribution in [1.29, 1.82) is 0 Å². The first-order valence-electron chi connectivity index (χ1n) is 8.09. The van der Waals surface area contributed by atoms with Crippen LogP contribution >= 0.6 is 15.9 Å². The highest BCUT2D eigenvalue weighted by Gasteiger charge is 1.97. The third-order valence-corrected chi connectivity index (χ3v) is 4.00. The maximum absolute atomic E-state index is 9.05. The first-order valence-corrected chi connectivity index (χ1v) is 9.01. The number of rotatable bonds is 14. The fraction of sp³-hybridized carbons (Fsp3) is 1.00. The minimum atomic E-state index is -0.287. The lowest BCUT2D eigenvalue weighted by Gasteiger charge is -2.03. The van der Waals surface area contributed by atoms with Crippen molar-refractivity contribution in [3.8, 4) is 0 Å². The molecule has 1 unspecified atom stereocenters. The van der Waals surface area contributed by atoms with E-state index in [2.05, 4.69) is 22.9 Å². The minimum absolute atomic E-state index is 0.287. The van der Waals surface area contributed by atoms with E-state index < -0.39 is 0 Å². The van der Waals surface area contributed by atoms with Crippen LogP contribution in [0.2, 0.25) is 0 Å². The molecule has 18 heavy (non-hydrogen) atoms. The van der Waals surface area contributed by atoms with Gasteiger partial charge in [0.25, 0.3) is 0 Å². The van der Waals surface area contributed by atoms with Gasteiger partial charge in [-0.1, -0.05) is 99.9 Å². The first kappa shape index (κ1) is 18.4. The van der Waals surface area contributed by atoms with Crippen LogP contribution in [0.1, 0.15) is 96.8 Å². The highest BCUT2D eigenvalue weighted by molar-refractivity contribution is 9.09. The molecule has 0 spiro atoms. The second-order valence-electron chi connectivity index (χ2n) is 5.47. The summed E-state index contributed by atoms with van der Waals surface area (Å²) in [6, 6.07) is 0. The molecule has 0 saturated carbocycles. The average molecular weight is 321 g/mol. The SMILES string of the molecule is CCCCCCCCCCCCCCCC(O)Br. The monoisotopic (exact) mass is 320 g/mol. The molecule has 0 radical (unpaired) electrons. The molecule has 0 fully saturated rings. The number of halogens is 1. The quantitative estimate of drug-likeness (QED) is 0.299. The van der Waals surface area contributed by atoms with Gasteiger partial charge in [0, 0.05) is 0 Å². The van der Waals surface area contributed by atoms with Crippen LogP contribution in [0.25, 0.3) is 0 Å². The number of unbranched alkanes of at least 4 members (excludes halogenated alkanes) is 12. The van der Waals surface area contributed by atoms with E-state index in [-0.39, 0.29) is 5.01 Å². The van der Waals surface area contributed by atoms with Gasteiger partial charge in [0.1, 0.15) is 5.01 Å². The molecule has 2 heteroatoms. The standard InChI is InChI=1S/C16H33BrO/c1-2-3-4-5-6-7-8-9-10-11-12-13-14-15-16(17)18/h16,18H,2-15H2,1H3. The van der Waals surface area contributed by atoms with Crippen LogP contribution < -0.4 is 0 Å². The van der Waals surface area contributed by atoms with E-state index in [1.807, 2.05) is 0 Å². The molecule has 0 aromatic heterocycles. The predicted octanol–water partition coefficient (Wildman–Crippen LogP) is 6.18. The van der Waals surface area contributed by atoms with Crippen LogP contribution in [0.5, 0.6) is 0 Å². The van der Waals surface area contributed by atoms with E-state index in [1.54, 1.807) is 0 Å². The van der Waals surface area contributed by atoms with E-state index in [0.717, 1.165) is 12.8 Å². The number of alkyl halides is 1. The Kier molecular flexibility index (Phi) is 15.9. The van der Waals surface area contributed by atoms with Gasteiger partial charge in [-0.25, -0.2) is 0 Å². The summed E-state index contributed by atoms with van der Waals surface area (Å²) in [5.74, 6) is 0. The summed E-state index contributed by atoms with van der Waals surface area (Å²) in [5.41, 5.74) is 0. The summed E-state index contributed by atoms with van der Waals surface area (Å²) in [6.45, 7) is 2.28. The summed E-state index contributed by atoms with van der Waals surface area (Å²) in [6.07, 6.45) is 18.9. The molecule has 0 amide bonds. The molecule has 0 aliphatic carbocycles. The Balaban J connectivity index is 2.90. The number of aliphatic hydroxyl groups is 1. The molecule has 0 bridgehead atoms. The zero-order chi connectivity index (χ0) is 13.5. The van der Waals surface area contributed by atoms with Gasteiger partial charge in [-0.2, -0.15) is 0 Å². The van der Waals surface area contributed by atoms with Crippen molar-refractivity contribution in [3.63, 3.8) is 0 Å². The van der Waals surface area contributed by atoms with Gasteiger partial charge in [0.05, 0.1) is 0 Å². The van der Waals surface area contributed by atoms with Crippen LogP contribution in [0.4, 0.5) is 0 Å². The number of hydrogen-bond donors (Lipinski definition) is 1. The Hall–Kier alpha value is 0.440. The summed E-state index contributed by atoms with van der Waals surface area (Å²) >= 11 is 3.16. The average Bonchev–Trinajstić information content (AvgIpc) is 2.34. The second-order valence-corrected chi connectivity index (χ2v) is 6.52. The predicted molar refractivity (Wildman–Crippen MR) is 85.2 cm³/mol. The fourth-order valence-corrected chi connectivity index (χ4v) is 2.65. The van der Waals surface area contributed by atoms with Gasteiger partial charge >= 0.3 is 0 Å². The molecule has 0 aliphatic heterocycles. The van der Waals surface area contributed by atoms with Crippen LogP contribution in [-0.4, -0.2) is 10.1 Å². The zero-order valence-corrected chi connectivity index (χ0v) is 13.9. The Morgan fingerprint density at radius 3 is 1.33 bits per heavy atom. The van der Waals surface area contributed by atoms with Gasteiger partial charge in [0.15, 0.2) is 0 Å². The van der Waals surface area contributed by atoms with Crippen molar-refractivity contribution in [2.24, 2.45) is 0 Å². The lowest BCUT2D eigenvalue weighted by molar-refractivity contribution is 0.254.